The molecule has 8 heteroatoms. The predicted molar refractivity (Wildman–Crippen MR) is 90.8 cm³/mol. The molecule has 3 aromatic heterocycles. The number of anilines is 1. The molecule has 1 fully saturated rings. The summed E-state index contributed by atoms with van der Waals surface area (Å²) < 4.78 is 10.7. The molecule has 6 nitrogen and oxygen atoms in total. The molecule has 0 aromatic carbocycles. The van der Waals surface area contributed by atoms with E-state index in [1.54, 1.807) is 6.07 Å². The van der Waals surface area contributed by atoms with Crippen LogP contribution in [0.2, 0.25) is 0 Å². The second-order valence-electron chi connectivity index (χ2n) is 5.09. The number of H-pyrrole nitrogens is 2. The van der Waals surface area contributed by atoms with Crippen molar-refractivity contribution in [3.05, 3.63) is 32.3 Å². The van der Waals surface area contributed by atoms with E-state index in [1.165, 1.54) is 11.5 Å². The standard InChI is InChI=1S/C14H13BrN4O2S/c15-11-5-9(18-22-11)8-7-16-14-10(20)6-12(17-13(8)14)19-1-3-21-4-2-19/h5-7,16H,1-4H2,(H,17,20). The molecule has 0 aliphatic carbocycles. The average molecular weight is 381 g/mol. The molecule has 4 rings (SSSR count). The van der Waals surface area contributed by atoms with Crippen molar-refractivity contribution in [3.63, 3.8) is 0 Å². The average Bonchev–Trinajstić information content (AvgIpc) is 3.14. The zero-order valence-corrected chi connectivity index (χ0v) is 14.0. The van der Waals surface area contributed by atoms with Crippen LogP contribution in [0.4, 0.5) is 5.82 Å². The van der Waals surface area contributed by atoms with Gasteiger partial charge in [0.1, 0.15) is 11.3 Å². The Labute approximate surface area is 138 Å². The second kappa shape index (κ2) is 5.53. The zero-order valence-electron chi connectivity index (χ0n) is 11.6. The first-order valence-corrected chi connectivity index (χ1v) is 8.49. The van der Waals surface area contributed by atoms with Gasteiger partial charge in [-0.3, -0.25) is 4.79 Å². The van der Waals surface area contributed by atoms with Gasteiger partial charge in [-0.15, -0.1) is 0 Å². The maximum atomic E-state index is 12.4. The van der Waals surface area contributed by atoms with Gasteiger partial charge in [0.05, 0.1) is 28.2 Å². The van der Waals surface area contributed by atoms with Gasteiger partial charge in [-0.05, 0) is 33.5 Å². The molecule has 1 saturated heterocycles. The summed E-state index contributed by atoms with van der Waals surface area (Å²) in [6.45, 7) is 2.92. The molecular formula is C14H13BrN4O2S. The highest BCUT2D eigenvalue weighted by Gasteiger charge is 2.17. The van der Waals surface area contributed by atoms with E-state index in [2.05, 4.69) is 35.2 Å². The Hall–Kier alpha value is -1.64. The number of halogens is 1. The SMILES string of the molecule is O=c1cc(N2CCOCC2)[nH]c2c(-c3cc(Br)sn3)c[nH]c12. The van der Waals surface area contributed by atoms with Crippen LogP contribution in [0.1, 0.15) is 0 Å². The Balaban J connectivity index is 1.86. The molecule has 114 valence electrons. The van der Waals surface area contributed by atoms with Gasteiger partial charge in [-0.1, -0.05) is 0 Å². The lowest BCUT2D eigenvalue weighted by atomic mass is 10.2. The van der Waals surface area contributed by atoms with Crippen LogP contribution in [0, 0.1) is 0 Å². The molecule has 0 amide bonds. The van der Waals surface area contributed by atoms with E-state index in [4.69, 9.17) is 4.74 Å². The van der Waals surface area contributed by atoms with Crippen molar-refractivity contribution in [1.82, 2.24) is 14.3 Å². The molecule has 0 radical (unpaired) electrons. The van der Waals surface area contributed by atoms with Crippen molar-refractivity contribution in [2.45, 2.75) is 0 Å². The van der Waals surface area contributed by atoms with E-state index >= 15 is 0 Å². The van der Waals surface area contributed by atoms with Crippen LogP contribution in [0.25, 0.3) is 22.3 Å². The molecule has 4 heterocycles. The van der Waals surface area contributed by atoms with Crippen LogP contribution >= 0.6 is 27.5 Å². The topological polar surface area (TPSA) is 74.0 Å². The third-order valence-electron chi connectivity index (χ3n) is 3.76. The molecule has 0 unspecified atom stereocenters. The number of nitrogens with zero attached hydrogens (tertiary/aromatic N) is 2. The Morgan fingerprint density at radius 2 is 2.09 bits per heavy atom. The molecule has 0 spiro atoms. The number of ether oxygens (including phenoxy) is 1. The number of nitrogens with one attached hydrogen (secondary N) is 2. The second-order valence-corrected chi connectivity index (χ2v) is 7.27. The van der Waals surface area contributed by atoms with Crippen molar-refractivity contribution >= 4 is 44.3 Å². The molecule has 22 heavy (non-hydrogen) atoms. The van der Waals surface area contributed by atoms with Crippen molar-refractivity contribution in [1.29, 1.82) is 0 Å². The summed E-state index contributed by atoms with van der Waals surface area (Å²) in [5.74, 6) is 0.830. The largest absolute Gasteiger partial charge is 0.378 e. The summed E-state index contributed by atoms with van der Waals surface area (Å²) in [6.07, 6.45) is 1.83. The molecule has 0 saturated carbocycles. The molecule has 1 aliphatic heterocycles. The van der Waals surface area contributed by atoms with Crippen molar-refractivity contribution in [2.24, 2.45) is 0 Å². The fourth-order valence-electron chi connectivity index (χ4n) is 2.66. The quantitative estimate of drug-likeness (QED) is 0.716. The summed E-state index contributed by atoms with van der Waals surface area (Å²) >= 11 is 4.81. The van der Waals surface area contributed by atoms with Crippen LogP contribution in [0.3, 0.4) is 0 Å². The highest BCUT2D eigenvalue weighted by Crippen LogP contribution is 2.30. The number of hydrogen-bond acceptors (Lipinski definition) is 5. The third kappa shape index (κ3) is 2.37. The Kier molecular flexibility index (Phi) is 3.51. The van der Waals surface area contributed by atoms with E-state index in [0.29, 0.717) is 18.7 Å². The molecule has 3 aromatic rings. The highest BCUT2D eigenvalue weighted by molar-refractivity contribution is 9.11. The summed E-state index contributed by atoms with van der Waals surface area (Å²) in [6, 6.07) is 3.60. The molecule has 0 atom stereocenters. The van der Waals surface area contributed by atoms with Crippen molar-refractivity contribution in [2.75, 3.05) is 31.2 Å². The first kappa shape index (κ1) is 14.0. The summed E-state index contributed by atoms with van der Waals surface area (Å²) in [7, 11) is 0. The Morgan fingerprint density at radius 1 is 1.27 bits per heavy atom. The lowest BCUT2D eigenvalue weighted by molar-refractivity contribution is 0.122. The van der Waals surface area contributed by atoms with E-state index in [9.17, 15) is 4.79 Å². The Morgan fingerprint density at radius 3 is 2.82 bits per heavy atom. The van der Waals surface area contributed by atoms with Crippen molar-refractivity contribution in [3.8, 4) is 11.3 Å². The number of morpholine rings is 1. The molecule has 2 N–H and O–H groups in total. The van der Waals surface area contributed by atoms with Crippen LogP contribution in [0.15, 0.2) is 26.9 Å². The van der Waals surface area contributed by atoms with Gasteiger partial charge in [-0.25, -0.2) is 0 Å². The predicted octanol–water partition coefficient (Wildman–Crippen LogP) is 2.58. The van der Waals surface area contributed by atoms with Gasteiger partial charge in [0.2, 0.25) is 5.43 Å². The van der Waals surface area contributed by atoms with E-state index in [0.717, 1.165) is 39.5 Å². The minimum absolute atomic E-state index is 0.0178. The van der Waals surface area contributed by atoms with E-state index < -0.39 is 0 Å². The van der Waals surface area contributed by atoms with Crippen LogP contribution in [-0.2, 0) is 4.74 Å². The number of fused-ring (bicyclic) bond motifs is 1. The smallest absolute Gasteiger partial charge is 0.207 e. The first-order chi connectivity index (χ1) is 10.7. The molecule has 1 aliphatic rings. The fraction of sp³-hybridized carbons (Fsp3) is 0.286. The third-order valence-corrected chi connectivity index (χ3v) is 5.00. The van der Waals surface area contributed by atoms with Crippen LogP contribution < -0.4 is 10.3 Å². The van der Waals surface area contributed by atoms with Gasteiger partial charge in [0, 0.05) is 30.9 Å². The lowest BCUT2D eigenvalue weighted by Gasteiger charge is -2.28. The minimum Gasteiger partial charge on any atom is -0.378 e. The van der Waals surface area contributed by atoms with Gasteiger partial charge < -0.3 is 19.6 Å². The van der Waals surface area contributed by atoms with E-state index in [-0.39, 0.29) is 5.43 Å². The van der Waals surface area contributed by atoms with Crippen LogP contribution in [-0.4, -0.2) is 40.6 Å². The van der Waals surface area contributed by atoms with Gasteiger partial charge >= 0.3 is 0 Å². The van der Waals surface area contributed by atoms with E-state index in [1.807, 2.05) is 12.3 Å². The number of hydrogen-bond donors (Lipinski definition) is 2. The van der Waals surface area contributed by atoms with Gasteiger partial charge in [0.25, 0.3) is 0 Å². The number of aromatic nitrogens is 3. The highest BCUT2D eigenvalue weighted by atomic mass is 79.9. The maximum Gasteiger partial charge on any atom is 0.207 e. The number of aromatic amines is 2. The monoisotopic (exact) mass is 380 g/mol. The minimum atomic E-state index is -0.0178. The number of pyridine rings is 1. The summed E-state index contributed by atoms with van der Waals surface area (Å²) in [5, 5.41) is 0. The maximum absolute atomic E-state index is 12.4. The molecule has 0 bridgehead atoms. The van der Waals surface area contributed by atoms with Crippen LogP contribution in [0.5, 0.6) is 0 Å². The normalized spacial score (nSPS) is 15.6. The van der Waals surface area contributed by atoms with Crippen molar-refractivity contribution < 1.29 is 4.74 Å². The molecular weight excluding hydrogens is 368 g/mol. The summed E-state index contributed by atoms with van der Waals surface area (Å²) in [4.78, 5) is 20.9. The fourth-order valence-corrected chi connectivity index (χ4v) is 3.60. The first-order valence-electron chi connectivity index (χ1n) is 6.92. The van der Waals surface area contributed by atoms with Gasteiger partial charge in [-0.2, -0.15) is 4.37 Å². The van der Waals surface area contributed by atoms with Gasteiger partial charge in [0.15, 0.2) is 0 Å². The zero-order chi connectivity index (χ0) is 15.1. The number of rotatable bonds is 2. The Bertz CT molecular complexity index is 878. The lowest BCUT2D eigenvalue weighted by Crippen LogP contribution is -2.37. The summed E-state index contributed by atoms with van der Waals surface area (Å²) in [5.41, 5.74) is 3.11.